The van der Waals surface area contributed by atoms with Crippen molar-refractivity contribution in [2.75, 3.05) is 0 Å². The third-order valence-corrected chi connectivity index (χ3v) is 10.1. The highest BCUT2D eigenvalue weighted by molar-refractivity contribution is 9.10. The number of halogens is 2. The average Bonchev–Trinajstić information content (AvgIpc) is 3.08. The number of rotatable bonds is 9. The van der Waals surface area contributed by atoms with E-state index in [0.717, 1.165) is 15.4 Å². The molecule has 0 unspecified atom stereocenters. The number of fused-ring (bicyclic) bond motifs is 6. The maximum absolute atomic E-state index is 3.87. The molecule has 0 bridgehead atoms. The van der Waals surface area contributed by atoms with Gasteiger partial charge in [0.1, 0.15) is 0 Å². The summed E-state index contributed by atoms with van der Waals surface area (Å²) in [6.07, 6.45) is 7.27. The molecule has 0 saturated heterocycles. The van der Waals surface area contributed by atoms with Crippen LogP contribution in [0.2, 0.25) is 0 Å². The fourth-order valence-corrected chi connectivity index (χ4v) is 7.87. The van der Waals surface area contributed by atoms with Gasteiger partial charge in [-0.3, -0.25) is 0 Å². The molecule has 7 aromatic carbocycles. The molecule has 7 aromatic rings. The van der Waals surface area contributed by atoms with Gasteiger partial charge in [0.05, 0.1) is 0 Å². The standard InChI is InChI=1S/C43H36Br2/c1-2-3-4-5-15-22-36-39(29-16-9-6-10-17-29)41(31-20-13-8-14-21-31)43-38-28-33(45)24-26-35(38)34-25-23-32(44)27-37(34)42(43)40(36)30-18-11-7-12-19-30/h6-14,16-21,23-28H,2-5,15,22H2,1H3. The Kier molecular flexibility index (Phi) is 8.88. The summed E-state index contributed by atoms with van der Waals surface area (Å²) < 4.78 is 2.19. The normalized spacial score (nSPS) is 11.5. The molecule has 0 aliphatic rings. The monoisotopic (exact) mass is 710 g/mol. The molecule has 0 spiro atoms. The van der Waals surface area contributed by atoms with Crippen LogP contribution < -0.4 is 0 Å². The molecule has 0 aliphatic carbocycles. The van der Waals surface area contributed by atoms with Crippen LogP contribution in [0.25, 0.3) is 65.7 Å². The molecule has 0 fully saturated rings. The highest BCUT2D eigenvalue weighted by Gasteiger charge is 2.26. The van der Waals surface area contributed by atoms with E-state index in [1.165, 1.54) is 103 Å². The van der Waals surface area contributed by atoms with Crippen LogP contribution in [0.4, 0.5) is 0 Å². The molecular weight excluding hydrogens is 676 g/mol. The smallest absolute Gasteiger partial charge is 0.0181 e. The molecule has 0 saturated carbocycles. The lowest BCUT2D eigenvalue weighted by atomic mass is 9.77. The molecule has 0 amide bonds. The molecule has 7 rings (SSSR count). The maximum atomic E-state index is 3.87. The Balaban J connectivity index is 1.77. The van der Waals surface area contributed by atoms with Gasteiger partial charge in [-0.2, -0.15) is 0 Å². The van der Waals surface area contributed by atoms with Gasteiger partial charge in [0.25, 0.3) is 0 Å². The van der Waals surface area contributed by atoms with E-state index in [1.807, 2.05) is 0 Å². The summed E-state index contributed by atoms with van der Waals surface area (Å²) in [4.78, 5) is 0. The van der Waals surface area contributed by atoms with Gasteiger partial charge >= 0.3 is 0 Å². The van der Waals surface area contributed by atoms with Crippen molar-refractivity contribution in [3.63, 3.8) is 0 Å². The van der Waals surface area contributed by atoms with Crippen molar-refractivity contribution in [3.05, 3.63) is 142 Å². The van der Waals surface area contributed by atoms with E-state index in [0.29, 0.717) is 0 Å². The number of unbranched alkanes of at least 4 members (excludes halogenated alkanes) is 4. The largest absolute Gasteiger partial charge is 0.0654 e. The summed E-state index contributed by atoms with van der Waals surface area (Å²) in [7, 11) is 0. The first-order valence-electron chi connectivity index (χ1n) is 16.1. The van der Waals surface area contributed by atoms with Crippen molar-refractivity contribution in [2.45, 2.75) is 45.4 Å². The highest BCUT2D eigenvalue weighted by atomic mass is 79.9. The zero-order chi connectivity index (χ0) is 30.8. The summed E-state index contributed by atoms with van der Waals surface area (Å²) in [5.74, 6) is 0. The molecule has 0 N–H and O–H groups in total. The molecule has 0 nitrogen and oxygen atoms in total. The quantitative estimate of drug-likeness (QED) is 0.103. The topological polar surface area (TPSA) is 0 Å². The summed E-state index contributed by atoms with van der Waals surface area (Å²) in [5, 5.41) is 7.77. The van der Waals surface area contributed by atoms with E-state index >= 15 is 0 Å². The summed E-state index contributed by atoms with van der Waals surface area (Å²) in [5.41, 5.74) is 9.30. The minimum atomic E-state index is 1.03. The Hall–Kier alpha value is -3.72. The lowest BCUT2D eigenvalue weighted by molar-refractivity contribution is 0.633. The van der Waals surface area contributed by atoms with Gasteiger partial charge in [0.2, 0.25) is 0 Å². The first-order chi connectivity index (χ1) is 22.2. The zero-order valence-electron chi connectivity index (χ0n) is 25.6. The van der Waals surface area contributed by atoms with Gasteiger partial charge in [-0.15, -0.1) is 0 Å². The van der Waals surface area contributed by atoms with Crippen LogP contribution in [0.3, 0.4) is 0 Å². The Labute approximate surface area is 283 Å². The van der Waals surface area contributed by atoms with Crippen molar-refractivity contribution < 1.29 is 0 Å². The second-order valence-corrected chi connectivity index (χ2v) is 13.8. The van der Waals surface area contributed by atoms with Crippen LogP contribution in [0.5, 0.6) is 0 Å². The first-order valence-corrected chi connectivity index (χ1v) is 17.7. The Morgan fingerprint density at radius 2 is 0.867 bits per heavy atom. The molecule has 0 aromatic heterocycles. The van der Waals surface area contributed by atoms with E-state index < -0.39 is 0 Å². The van der Waals surface area contributed by atoms with Gasteiger partial charge in [-0.25, -0.2) is 0 Å². The Morgan fingerprint density at radius 1 is 0.422 bits per heavy atom. The number of hydrogen-bond donors (Lipinski definition) is 0. The number of benzene rings is 7. The first kappa shape index (κ1) is 30.0. The molecule has 0 heterocycles. The Bertz CT molecular complexity index is 2110. The van der Waals surface area contributed by atoms with Crippen LogP contribution in [-0.2, 0) is 6.42 Å². The fraction of sp³-hybridized carbons (Fsp3) is 0.163. The van der Waals surface area contributed by atoms with Gasteiger partial charge in [-0.1, -0.05) is 168 Å². The fourth-order valence-electron chi connectivity index (χ4n) is 7.15. The summed E-state index contributed by atoms with van der Waals surface area (Å²) in [6, 6.07) is 46.9. The highest BCUT2D eigenvalue weighted by Crippen LogP contribution is 2.52. The minimum absolute atomic E-state index is 1.03. The molecule has 0 aliphatic heterocycles. The molecule has 45 heavy (non-hydrogen) atoms. The average molecular weight is 713 g/mol. The lowest BCUT2D eigenvalue weighted by Gasteiger charge is -2.26. The van der Waals surface area contributed by atoms with Gasteiger partial charge < -0.3 is 0 Å². The minimum Gasteiger partial charge on any atom is -0.0654 e. The van der Waals surface area contributed by atoms with Crippen LogP contribution in [0.15, 0.2) is 136 Å². The maximum Gasteiger partial charge on any atom is 0.0181 e. The summed E-state index contributed by atoms with van der Waals surface area (Å²) in [6.45, 7) is 2.29. The molecule has 222 valence electrons. The second kappa shape index (κ2) is 13.3. The predicted octanol–water partition coefficient (Wildman–Crippen LogP) is 14.2. The van der Waals surface area contributed by atoms with Crippen molar-refractivity contribution in [1.82, 2.24) is 0 Å². The van der Waals surface area contributed by atoms with Crippen LogP contribution in [0, 0.1) is 0 Å². The van der Waals surface area contributed by atoms with E-state index in [2.05, 4.69) is 166 Å². The Morgan fingerprint density at radius 3 is 1.38 bits per heavy atom. The lowest BCUT2D eigenvalue weighted by Crippen LogP contribution is -2.02. The molecule has 2 heteroatoms. The van der Waals surface area contributed by atoms with Crippen LogP contribution in [-0.4, -0.2) is 0 Å². The van der Waals surface area contributed by atoms with E-state index in [4.69, 9.17) is 0 Å². The second-order valence-electron chi connectivity index (χ2n) is 12.0. The zero-order valence-corrected chi connectivity index (χ0v) is 28.8. The molecule has 0 atom stereocenters. The molecular formula is C43H36Br2. The van der Waals surface area contributed by atoms with Gasteiger partial charge in [-0.05, 0) is 108 Å². The summed E-state index contributed by atoms with van der Waals surface area (Å²) >= 11 is 7.73. The third-order valence-electron chi connectivity index (χ3n) is 9.11. The molecule has 0 radical (unpaired) electrons. The van der Waals surface area contributed by atoms with Crippen LogP contribution in [0.1, 0.15) is 44.6 Å². The van der Waals surface area contributed by atoms with Crippen molar-refractivity contribution in [2.24, 2.45) is 0 Å². The van der Waals surface area contributed by atoms with E-state index in [-0.39, 0.29) is 0 Å². The number of hydrogen-bond acceptors (Lipinski definition) is 0. The van der Waals surface area contributed by atoms with Gasteiger partial charge in [0.15, 0.2) is 0 Å². The van der Waals surface area contributed by atoms with Crippen LogP contribution >= 0.6 is 31.9 Å². The van der Waals surface area contributed by atoms with Crippen molar-refractivity contribution in [1.29, 1.82) is 0 Å². The predicted molar refractivity (Wildman–Crippen MR) is 203 cm³/mol. The van der Waals surface area contributed by atoms with Gasteiger partial charge in [0, 0.05) is 8.95 Å². The van der Waals surface area contributed by atoms with Crippen molar-refractivity contribution >= 4 is 64.2 Å². The van der Waals surface area contributed by atoms with Crippen molar-refractivity contribution in [3.8, 4) is 33.4 Å². The van der Waals surface area contributed by atoms with E-state index in [9.17, 15) is 0 Å². The van der Waals surface area contributed by atoms with E-state index in [1.54, 1.807) is 0 Å². The third kappa shape index (κ3) is 5.75. The SMILES string of the molecule is CCCCCCCc1c(-c2ccccc2)c(-c2ccccc2)c2c3cc(Br)ccc3c3ccc(Br)cc3c2c1-c1ccccc1.